The maximum absolute atomic E-state index is 6.47. The Hall–Kier alpha value is -7.42. The Morgan fingerprint density at radius 3 is 1.59 bits per heavy atom. The lowest BCUT2D eigenvalue weighted by molar-refractivity contribution is 0.563. The first-order valence-corrected chi connectivity index (χ1v) is 20.6. The number of rotatable bonds is 6. The van der Waals surface area contributed by atoms with Gasteiger partial charge in [0.15, 0.2) is 0 Å². The zero-order valence-corrected chi connectivity index (χ0v) is 32.5. The third-order valence-corrected chi connectivity index (χ3v) is 12.9. The van der Waals surface area contributed by atoms with Crippen molar-refractivity contribution in [3.05, 3.63) is 235 Å². The first-order chi connectivity index (χ1) is 29.2. The first kappa shape index (κ1) is 33.7. The zero-order chi connectivity index (χ0) is 38.9. The van der Waals surface area contributed by atoms with Crippen LogP contribution in [0.1, 0.15) is 22.3 Å². The van der Waals surface area contributed by atoms with E-state index in [0.29, 0.717) is 0 Å². The second-order valence-electron chi connectivity index (χ2n) is 16.1. The molecule has 9 aromatic carbocycles. The Morgan fingerprint density at radius 2 is 0.881 bits per heavy atom. The molecule has 0 unspecified atom stereocenters. The van der Waals surface area contributed by atoms with Crippen molar-refractivity contribution in [3.8, 4) is 44.5 Å². The summed E-state index contributed by atoms with van der Waals surface area (Å²) in [6.45, 7) is 0. The number of benzene rings is 9. The lowest BCUT2D eigenvalue weighted by Gasteiger charge is -2.30. The number of anilines is 3. The maximum Gasteiger partial charge on any atom is 0.143 e. The standard InChI is InChI=1S/C57H39NO/c1-2-12-38(13-3-1)39-24-26-40(27-25-39)41-28-32-45(33-29-41)58(46-34-30-42(31-35-46)47-18-10-19-49-48-16-7-9-23-54(48)59-56(47)49)53-22-11-21-52-55(53)50-17-6-8-20-51(50)57(52)36-43-14-4-5-15-44(43)37-57/h1-35H,36-37H2. The van der Waals surface area contributed by atoms with Gasteiger partial charge in [0.1, 0.15) is 11.2 Å². The van der Waals surface area contributed by atoms with E-state index in [1.54, 1.807) is 0 Å². The van der Waals surface area contributed by atoms with Crippen molar-refractivity contribution in [2.24, 2.45) is 0 Å². The minimum atomic E-state index is -0.0951. The summed E-state index contributed by atoms with van der Waals surface area (Å²) >= 11 is 0. The van der Waals surface area contributed by atoms with Crippen LogP contribution in [0.25, 0.3) is 66.4 Å². The fourth-order valence-corrected chi connectivity index (χ4v) is 10.1. The molecule has 0 fully saturated rings. The fourth-order valence-electron chi connectivity index (χ4n) is 10.1. The van der Waals surface area contributed by atoms with Crippen LogP contribution in [-0.4, -0.2) is 0 Å². The predicted octanol–water partition coefficient (Wildman–Crippen LogP) is 15.1. The van der Waals surface area contributed by atoms with E-state index in [4.69, 9.17) is 4.42 Å². The van der Waals surface area contributed by atoms with E-state index in [-0.39, 0.29) is 5.41 Å². The van der Waals surface area contributed by atoms with Crippen LogP contribution < -0.4 is 4.90 Å². The van der Waals surface area contributed by atoms with Crippen LogP contribution >= 0.6 is 0 Å². The van der Waals surface area contributed by atoms with Crippen LogP contribution in [0.3, 0.4) is 0 Å². The molecule has 2 aliphatic carbocycles. The van der Waals surface area contributed by atoms with E-state index in [2.05, 4.69) is 211 Å². The molecule has 0 radical (unpaired) electrons. The summed E-state index contributed by atoms with van der Waals surface area (Å²) in [5.41, 5.74) is 20.6. The van der Waals surface area contributed by atoms with E-state index in [1.807, 2.05) is 6.07 Å². The van der Waals surface area contributed by atoms with Crippen molar-refractivity contribution in [1.82, 2.24) is 0 Å². The lowest BCUT2D eigenvalue weighted by Crippen LogP contribution is -2.25. The zero-order valence-electron chi connectivity index (χ0n) is 32.5. The van der Waals surface area contributed by atoms with Gasteiger partial charge in [-0.05, 0) is 105 Å². The summed E-state index contributed by atoms with van der Waals surface area (Å²) in [5, 5.41) is 2.28. The molecule has 2 aliphatic rings. The van der Waals surface area contributed by atoms with E-state index in [9.17, 15) is 0 Å². The molecule has 0 atom stereocenters. The Labute approximate surface area is 344 Å². The minimum absolute atomic E-state index is 0.0951. The molecule has 0 saturated heterocycles. The Morgan fingerprint density at radius 1 is 0.373 bits per heavy atom. The molecule has 1 heterocycles. The normalized spacial score (nSPS) is 13.4. The molecule has 0 N–H and O–H groups in total. The quantitative estimate of drug-likeness (QED) is 0.168. The van der Waals surface area contributed by atoms with Crippen LogP contribution in [0.15, 0.2) is 217 Å². The minimum Gasteiger partial charge on any atom is -0.455 e. The number of nitrogens with zero attached hydrogens (tertiary/aromatic N) is 1. The van der Waals surface area contributed by atoms with Crippen molar-refractivity contribution in [3.63, 3.8) is 0 Å². The van der Waals surface area contributed by atoms with Crippen molar-refractivity contribution < 1.29 is 4.42 Å². The smallest absolute Gasteiger partial charge is 0.143 e. The van der Waals surface area contributed by atoms with Gasteiger partial charge < -0.3 is 9.32 Å². The van der Waals surface area contributed by atoms with Crippen molar-refractivity contribution >= 4 is 39.0 Å². The number of hydrogen-bond acceptors (Lipinski definition) is 2. The molecule has 12 rings (SSSR count). The predicted molar refractivity (Wildman–Crippen MR) is 245 cm³/mol. The summed E-state index contributed by atoms with van der Waals surface area (Å²) in [4.78, 5) is 2.46. The van der Waals surface area contributed by atoms with Crippen molar-refractivity contribution in [2.45, 2.75) is 18.3 Å². The molecule has 0 aliphatic heterocycles. The maximum atomic E-state index is 6.47. The van der Waals surface area contributed by atoms with Crippen LogP contribution in [0.2, 0.25) is 0 Å². The average molecular weight is 754 g/mol. The van der Waals surface area contributed by atoms with Gasteiger partial charge in [0.2, 0.25) is 0 Å². The van der Waals surface area contributed by atoms with Gasteiger partial charge in [0.05, 0.1) is 5.69 Å². The molecule has 0 amide bonds. The highest BCUT2D eigenvalue weighted by atomic mass is 16.3. The van der Waals surface area contributed by atoms with E-state index >= 15 is 0 Å². The van der Waals surface area contributed by atoms with Gasteiger partial charge in [-0.15, -0.1) is 0 Å². The fraction of sp³-hybridized carbons (Fsp3) is 0.0526. The van der Waals surface area contributed by atoms with Crippen LogP contribution in [0.5, 0.6) is 0 Å². The van der Waals surface area contributed by atoms with Gasteiger partial charge in [-0.1, -0.05) is 176 Å². The second kappa shape index (κ2) is 13.3. The Kier molecular flexibility index (Phi) is 7.61. The molecule has 0 bridgehead atoms. The van der Waals surface area contributed by atoms with Crippen molar-refractivity contribution in [1.29, 1.82) is 0 Å². The molecular weight excluding hydrogens is 715 g/mol. The van der Waals surface area contributed by atoms with Crippen LogP contribution in [0, 0.1) is 0 Å². The topological polar surface area (TPSA) is 16.4 Å². The van der Waals surface area contributed by atoms with Crippen molar-refractivity contribution in [2.75, 3.05) is 4.90 Å². The SMILES string of the molecule is c1ccc(-c2ccc(-c3ccc(N(c4ccc(-c5cccc6c5oc5ccccc56)cc4)c4cccc5c4-c4ccccc4C54Cc5ccccc5C4)cc3)cc2)cc1. The molecule has 278 valence electrons. The number of fused-ring (bicyclic) bond motifs is 9. The molecule has 1 aromatic heterocycles. The van der Waals surface area contributed by atoms with E-state index in [1.165, 1.54) is 61.3 Å². The molecule has 10 aromatic rings. The van der Waals surface area contributed by atoms with Gasteiger partial charge in [0, 0.05) is 38.7 Å². The van der Waals surface area contributed by atoms with E-state index in [0.717, 1.165) is 57.3 Å². The lowest BCUT2D eigenvalue weighted by atomic mass is 9.75. The molecule has 1 spiro atoms. The first-order valence-electron chi connectivity index (χ1n) is 20.6. The van der Waals surface area contributed by atoms with Gasteiger partial charge in [-0.25, -0.2) is 0 Å². The molecular formula is C57H39NO. The third kappa shape index (κ3) is 5.34. The molecule has 2 nitrogen and oxygen atoms in total. The highest BCUT2D eigenvalue weighted by Gasteiger charge is 2.48. The number of para-hydroxylation sites is 2. The molecule has 59 heavy (non-hydrogen) atoms. The van der Waals surface area contributed by atoms with Gasteiger partial charge in [0.25, 0.3) is 0 Å². The summed E-state index contributed by atoms with van der Waals surface area (Å²) in [6.07, 6.45) is 2.02. The Balaban J connectivity index is 0.993. The average Bonchev–Trinajstić information content (AvgIpc) is 3.98. The highest BCUT2D eigenvalue weighted by Crippen LogP contribution is 2.58. The van der Waals surface area contributed by atoms with Crippen LogP contribution in [0.4, 0.5) is 17.1 Å². The number of furan rings is 1. The highest BCUT2D eigenvalue weighted by molar-refractivity contribution is 6.09. The second-order valence-corrected chi connectivity index (χ2v) is 16.1. The van der Waals surface area contributed by atoms with Crippen LogP contribution in [-0.2, 0) is 18.3 Å². The van der Waals surface area contributed by atoms with E-state index < -0.39 is 0 Å². The summed E-state index contributed by atoms with van der Waals surface area (Å²) in [7, 11) is 0. The summed E-state index contributed by atoms with van der Waals surface area (Å²) < 4.78 is 6.47. The van der Waals surface area contributed by atoms with Gasteiger partial charge in [-0.2, -0.15) is 0 Å². The van der Waals surface area contributed by atoms with Gasteiger partial charge >= 0.3 is 0 Å². The largest absolute Gasteiger partial charge is 0.455 e. The third-order valence-electron chi connectivity index (χ3n) is 12.9. The summed E-state index contributed by atoms with van der Waals surface area (Å²) in [5.74, 6) is 0. The van der Waals surface area contributed by atoms with Gasteiger partial charge in [-0.3, -0.25) is 0 Å². The summed E-state index contributed by atoms with van der Waals surface area (Å²) in [6, 6.07) is 77.6. The molecule has 2 heteroatoms. The number of hydrogen-bond donors (Lipinski definition) is 0. The molecule has 0 saturated carbocycles. The Bertz CT molecular complexity index is 3170. The monoisotopic (exact) mass is 753 g/mol.